The Morgan fingerprint density at radius 3 is 2.69 bits per heavy atom. The highest BCUT2D eigenvalue weighted by molar-refractivity contribution is 5.57. The summed E-state index contributed by atoms with van der Waals surface area (Å²) in [6.07, 6.45) is 3.78. The second kappa shape index (κ2) is 3.86. The van der Waals surface area contributed by atoms with E-state index in [4.69, 9.17) is 4.74 Å². The fourth-order valence-corrected chi connectivity index (χ4v) is 2.00. The average Bonchev–Trinajstić information content (AvgIpc) is 2.39. The third kappa shape index (κ3) is 1.50. The SMILES string of the molecule is [c]1ccc(C2OC=Cc3ccccc32)cc1. The third-order valence-corrected chi connectivity index (χ3v) is 2.79. The van der Waals surface area contributed by atoms with Crippen LogP contribution in [0.4, 0.5) is 0 Å². The number of hydrogen-bond donors (Lipinski definition) is 0. The Morgan fingerprint density at radius 2 is 1.81 bits per heavy atom. The quantitative estimate of drug-likeness (QED) is 0.694. The van der Waals surface area contributed by atoms with Gasteiger partial charge in [0.05, 0.1) is 6.26 Å². The summed E-state index contributed by atoms with van der Waals surface area (Å²) in [6, 6.07) is 19.2. The van der Waals surface area contributed by atoms with Crippen LogP contribution in [-0.4, -0.2) is 0 Å². The minimum Gasteiger partial charge on any atom is -0.489 e. The van der Waals surface area contributed by atoms with Crippen molar-refractivity contribution in [1.82, 2.24) is 0 Å². The summed E-state index contributed by atoms with van der Waals surface area (Å²) in [5.41, 5.74) is 3.61. The van der Waals surface area contributed by atoms with Crippen molar-refractivity contribution < 1.29 is 4.74 Å². The zero-order valence-corrected chi connectivity index (χ0v) is 8.76. The predicted molar refractivity (Wildman–Crippen MR) is 63.7 cm³/mol. The van der Waals surface area contributed by atoms with Crippen LogP contribution in [0, 0.1) is 6.07 Å². The van der Waals surface area contributed by atoms with Gasteiger partial charge in [0.1, 0.15) is 6.10 Å². The average molecular weight is 207 g/mol. The Balaban J connectivity index is 2.09. The largest absolute Gasteiger partial charge is 0.489 e. The van der Waals surface area contributed by atoms with Crippen molar-refractivity contribution in [1.29, 1.82) is 0 Å². The molecule has 16 heavy (non-hydrogen) atoms. The van der Waals surface area contributed by atoms with Gasteiger partial charge < -0.3 is 4.74 Å². The second-order valence-electron chi connectivity index (χ2n) is 3.78. The van der Waals surface area contributed by atoms with E-state index in [-0.39, 0.29) is 6.10 Å². The Hall–Kier alpha value is -2.02. The summed E-state index contributed by atoms with van der Waals surface area (Å²) in [5.74, 6) is 0. The Kier molecular flexibility index (Phi) is 2.22. The number of rotatable bonds is 1. The van der Waals surface area contributed by atoms with E-state index < -0.39 is 0 Å². The Morgan fingerprint density at radius 1 is 1.00 bits per heavy atom. The molecule has 1 aliphatic rings. The zero-order valence-electron chi connectivity index (χ0n) is 8.76. The Labute approximate surface area is 95.0 Å². The molecular weight excluding hydrogens is 196 g/mol. The summed E-state index contributed by atoms with van der Waals surface area (Å²) < 4.78 is 5.70. The molecule has 0 bridgehead atoms. The second-order valence-corrected chi connectivity index (χ2v) is 3.78. The van der Waals surface area contributed by atoms with Gasteiger partial charge in [0.15, 0.2) is 0 Å². The maximum Gasteiger partial charge on any atom is 0.149 e. The van der Waals surface area contributed by atoms with E-state index in [1.54, 1.807) is 6.26 Å². The maximum absolute atomic E-state index is 5.70. The van der Waals surface area contributed by atoms with Crippen LogP contribution >= 0.6 is 0 Å². The first kappa shape index (κ1) is 9.22. The molecule has 0 aliphatic carbocycles. The first-order valence-corrected chi connectivity index (χ1v) is 5.32. The molecule has 2 aromatic carbocycles. The molecule has 0 saturated carbocycles. The smallest absolute Gasteiger partial charge is 0.149 e. The molecule has 0 saturated heterocycles. The summed E-state index contributed by atoms with van der Waals surface area (Å²) in [7, 11) is 0. The van der Waals surface area contributed by atoms with Crippen molar-refractivity contribution in [2.24, 2.45) is 0 Å². The molecule has 0 amide bonds. The predicted octanol–water partition coefficient (Wildman–Crippen LogP) is 3.58. The highest BCUT2D eigenvalue weighted by atomic mass is 16.5. The molecule has 1 atom stereocenters. The van der Waals surface area contributed by atoms with Crippen LogP contribution in [0.1, 0.15) is 22.8 Å². The first-order valence-electron chi connectivity index (χ1n) is 5.32. The van der Waals surface area contributed by atoms with Gasteiger partial charge in [0.2, 0.25) is 0 Å². The van der Waals surface area contributed by atoms with Crippen LogP contribution in [0.5, 0.6) is 0 Å². The Bertz CT molecular complexity index is 514. The summed E-state index contributed by atoms with van der Waals surface area (Å²) in [6.45, 7) is 0. The normalized spacial score (nSPS) is 17.6. The summed E-state index contributed by atoms with van der Waals surface area (Å²) in [4.78, 5) is 0. The van der Waals surface area contributed by atoms with Crippen molar-refractivity contribution in [2.45, 2.75) is 6.10 Å². The van der Waals surface area contributed by atoms with Gasteiger partial charge in [-0.05, 0) is 23.3 Å². The molecule has 1 nitrogen and oxygen atoms in total. The van der Waals surface area contributed by atoms with Crippen molar-refractivity contribution >= 4 is 6.08 Å². The number of benzene rings is 2. The van der Waals surface area contributed by atoms with Crippen LogP contribution in [0.3, 0.4) is 0 Å². The van der Waals surface area contributed by atoms with Gasteiger partial charge in [-0.3, -0.25) is 0 Å². The van der Waals surface area contributed by atoms with Gasteiger partial charge in [-0.2, -0.15) is 0 Å². The first-order chi connectivity index (χ1) is 7.95. The highest BCUT2D eigenvalue weighted by Crippen LogP contribution is 2.32. The van der Waals surface area contributed by atoms with Crippen molar-refractivity contribution in [2.75, 3.05) is 0 Å². The van der Waals surface area contributed by atoms with Crippen molar-refractivity contribution in [3.63, 3.8) is 0 Å². The molecule has 1 radical (unpaired) electrons. The lowest BCUT2D eigenvalue weighted by atomic mass is 9.95. The van der Waals surface area contributed by atoms with Crippen LogP contribution in [0.2, 0.25) is 0 Å². The summed E-state index contributed by atoms with van der Waals surface area (Å²) in [5, 5.41) is 0. The van der Waals surface area contributed by atoms with Gasteiger partial charge in [0, 0.05) is 5.56 Å². The topological polar surface area (TPSA) is 9.23 Å². The molecule has 1 heteroatoms. The molecule has 0 N–H and O–H groups in total. The maximum atomic E-state index is 5.70. The van der Waals surface area contributed by atoms with Crippen LogP contribution in [0.15, 0.2) is 54.8 Å². The highest BCUT2D eigenvalue weighted by Gasteiger charge is 2.19. The van der Waals surface area contributed by atoms with Gasteiger partial charge in [0.25, 0.3) is 0 Å². The van der Waals surface area contributed by atoms with Gasteiger partial charge >= 0.3 is 0 Å². The fraction of sp³-hybridized carbons (Fsp3) is 0.0667. The fourth-order valence-electron chi connectivity index (χ4n) is 2.00. The standard InChI is InChI=1S/C15H11O/c1-2-7-13(8-3-1)15-14-9-5-4-6-12(14)10-11-16-15/h2-11,15H. The van der Waals surface area contributed by atoms with Crippen molar-refractivity contribution in [3.8, 4) is 0 Å². The van der Waals surface area contributed by atoms with E-state index in [0.717, 1.165) is 5.56 Å². The molecular formula is C15H11O. The lowest BCUT2D eigenvalue weighted by Crippen LogP contribution is -2.07. The van der Waals surface area contributed by atoms with Gasteiger partial charge in [-0.1, -0.05) is 48.5 Å². The number of hydrogen-bond acceptors (Lipinski definition) is 1. The molecule has 1 heterocycles. The summed E-state index contributed by atoms with van der Waals surface area (Å²) >= 11 is 0. The molecule has 1 aliphatic heterocycles. The van der Waals surface area contributed by atoms with Crippen LogP contribution in [-0.2, 0) is 4.74 Å². The third-order valence-electron chi connectivity index (χ3n) is 2.79. The molecule has 0 spiro atoms. The van der Waals surface area contributed by atoms with E-state index in [9.17, 15) is 0 Å². The number of fused-ring (bicyclic) bond motifs is 1. The number of ether oxygens (including phenoxy) is 1. The molecule has 3 rings (SSSR count). The molecule has 0 fully saturated rings. The monoisotopic (exact) mass is 207 g/mol. The zero-order chi connectivity index (χ0) is 10.8. The van der Waals surface area contributed by atoms with Crippen LogP contribution in [0.25, 0.3) is 6.08 Å². The lowest BCUT2D eigenvalue weighted by Gasteiger charge is -2.22. The van der Waals surface area contributed by atoms with E-state index in [0.29, 0.717) is 0 Å². The van der Waals surface area contributed by atoms with E-state index >= 15 is 0 Å². The van der Waals surface area contributed by atoms with Gasteiger partial charge in [-0.15, -0.1) is 0 Å². The van der Waals surface area contributed by atoms with E-state index in [1.807, 2.05) is 42.5 Å². The molecule has 1 unspecified atom stereocenters. The van der Waals surface area contributed by atoms with E-state index in [1.165, 1.54) is 11.1 Å². The van der Waals surface area contributed by atoms with Gasteiger partial charge in [-0.25, -0.2) is 0 Å². The van der Waals surface area contributed by atoms with Crippen LogP contribution < -0.4 is 0 Å². The minimum atomic E-state index is 0.01000. The minimum absolute atomic E-state index is 0.01000. The lowest BCUT2D eigenvalue weighted by molar-refractivity contribution is 0.181. The van der Waals surface area contributed by atoms with E-state index in [2.05, 4.69) is 18.2 Å². The molecule has 0 aromatic heterocycles. The van der Waals surface area contributed by atoms with Crippen molar-refractivity contribution in [3.05, 3.63) is 77.5 Å². The molecule has 2 aromatic rings. The molecule has 77 valence electrons.